The second kappa shape index (κ2) is 10.0. The van der Waals surface area contributed by atoms with Crippen molar-refractivity contribution in [1.29, 1.82) is 5.26 Å². The lowest BCUT2D eigenvalue weighted by atomic mass is 10.1. The van der Waals surface area contributed by atoms with Gasteiger partial charge in [0.15, 0.2) is 0 Å². The molecule has 0 bridgehead atoms. The molecule has 32 heavy (non-hydrogen) atoms. The average Bonchev–Trinajstić information content (AvgIpc) is 3.38. The molecule has 1 saturated heterocycles. The zero-order chi connectivity index (χ0) is 23.3. The number of halogens is 1. The van der Waals surface area contributed by atoms with Gasteiger partial charge in [0.05, 0.1) is 11.3 Å². The van der Waals surface area contributed by atoms with E-state index in [0.29, 0.717) is 31.6 Å². The molecule has 2 N–H and O–H groups in total. The topological polar surface area (TPSA) is 94.5 Å². The first-order chi connectivity index (χ1) is 15.1. The standard InChI is InChI=1S/C23H27FN4O3S/c1-23(2,3)31-22(30)27-19(12-18-5-4-10-32-18)21(29)26-17-8-9-28(14-17)20-7-6-16(24)11-15(20)13-25/h4-7,10-11,17,19H,8-9,12,14H2,1-3H3,(H,26,29)(H,27,30). The van der Waals surface area contributed by atoms with Crippen LogP contribution >= 0.6 is 11.3 Å². The number of benzene rings is 1. The van der Waals surface area contributed by atoms with E-state index in [9.17, 15) is 19.2 Å². The fourth-order valence-electron chi connectivity index (χ4n) is 3.56. The quantitative estimate of drug-likeness (QED) is 0.690. The number of anilines is 1. The molecule has 0 spiro atoms. The number of alkyl carbamates (subject to hydrolysis) is 1. The van der Waals surface area contributed by atoms with Crippen molar-refractivity contribution in [2.24, 2.45) is 0 Å². The molecular formula is C23H27FN4O3S. The summed E-state index contributed by atoms with van der Waals surface area (Å²) in [7, 11) is 0. The lowest BCUT2D eigenvalue weighted by Gasteiger charge is -2.24. The van der Waals surface area contributed by atoms with E-state index in [1.165, 1.54) is 23.5 Å². The first kappa shape index (κ1) is 23.5. The lowest BCUT2D eigenvalue weighted by Crippen LogP contribution is -2.52. The highest BCUT2D eigenvalue weighted by atomic mass is 32.1. The van der Waals surface area contributed by atoms with Crippen LogP contribution in [-0.4, -0.2) is 42.8 Å². The highest BCUT2D eigenvalue weighted by Crippen LogP contribution is 2.25. The molecule has 0 radical (unpaired) electrons. The van der Waals surface area contributed by atoms with Crippen LogP contribution in [0.1, 0.15) is 37.6 Å². The van der Waals surface area contributed by atoms with E-state index in [1.54, 1.807) is 26.8 Å². The third-order valence-electron chi connectivity index (χ3n) is 4.95. The van der Waals surface area contributed by atoms with Gasteiger partial charge in [-0.15, -0.1) is 11.3 Å². The Morgan fingerprint density at radius 1 is 1.38 bits per heavy atom. The number of amides is 2. The summed E-state index contributed by atoms with van der Waals surface area (Å²) in [4.78, 5) is 28.3. The summed E-state index contributed by atoms with van der Waals surface area (Å²) in [6.07, 6.45) is 0.384. The van der Waals surface area contributed by atoms with Gasteiger partial charge in [-0.3, -0.25) is 4.79 Å². The van der Waals surface area contributed by atoms with Crippen LogP contribution < -0.4 is 15.5 Å². The van der Waals surface area contributed by atoms with Crippen LogP contribution in [-0.2, 0) is 16.0 Å². The molecule has 170 valence electrons. The lowest BCUT2D eigenvalue weighted by molar-refractivity contribution is -0.123. The number of nitriles is 1. The molecular weight excluding hydrogens is 431 g/mol. The number of thiophene rings is 1. The minimum Gasteiger partial charge on any atom is -0.444 e. The molecule has 2 heterocycles. The molecule has 0 aliphatic carbocycles. The smallest absolute Gasteiger partial charge is 0.408 e. The molecule has 2 unspecified atom stereocenters. The van der Waals surface area contributed by atoms with Crippen molar-refractivity contribution < 1.29 is 18.7 Å². The van der Waals surface area contributed by atoms with Gasteiger partial charge in [-0.25, -0.2) is 9.18 Å². The molecule has 1 aromatic heterocycles. The van der Waals surface area contributed by atoms with Gasteiger partial charge in [0.25, 0.3) is 0 Å². The fraction of sp³-hybridized carbons (Fsp3) is 0.435. The van der Waals surface area contributed by atoms with Crippen molar-refractivity contribution in [2.75, 3.05) is 18.0 Å². The molecule has 2 atom stereocenters. The largest absolute Gasteiger partial charge is 0.444 e. The Labute approximate surface area is 191 Å². The molecule has 0 saturated carbocycles. The number of nitrogens with one attached hydrogen (secondary N) is 2. The van der Waals surface area contributed by atoms with E-state index in [0.717, 1.165) is 4.88 Å². The van der Waals surface area contributed by atoms with E-state index in [4.69, 9.17) is 4.74 Å². The van der Waals surface area contributed by atoms with E-state index in [2.05, 4.69) is 10.6 Å². The van der Waals surface area contributed by atoms with Crippen LogP contribution in [0.3, 0.4) is 0 Å². The Kier molecular flexibility index (Phi) is 7.36. The van der Waals surface area contributed by atoms with Crippen LogP contribution in [0.4, 0.5) is 14.9 Å². The maximum Gasteiger partial charge on any atom is 0.408 e. The van der Waals surface area contributed by atoms with Crippen LogP contribution in [0.15, 0.2) is 35.7 Å². The van der Waals surface area contributed by atoms with Crippen LogP contribution in [0.2, 0.25) is 0 Å². The fourth-order valence-corrected chi connectivity index (χ4v) is 4.31. The molecule has 2 aromatic rings. The van der Waals surface area contributed by atoms with Crippen LogP contribution in [0.5, 0.6) is 0 Å². The summed E-state index contributed by atoms with van der Waals surface area (Å²) in [6.45, 7) is 6.40. The molecule has 1 aromatic carbocycles. The van der Waals surface area contributed by atoms with E-state index >= 15 is 0 Å². The number of carbonyl (C=O) groups is 2. The number of nitrogens with zero attached hydrogens (tertiary/aromatic N) is 2. The molecule has 2 amide bonds. The Balaban J connectivity index is 1.65. The van der Waals surface area contributed by atoms with Gasteiger partial charge in [-0.2, -0.15) is 5.26 Å². The summed E-state index contributed by atoms with van der Waals surface area (Å²) in [6, 6.07) is 9.01. The predicted molar refractivity (Wildman–Crippen MR) is 121 cm³/mol. The summed E-state index contributed by atoms with van der Waals surface area (Å²) in [5.74, 6) is -0.755. The van der Waals surface area contributed by atoms with Gasteiger partial charge in [0, 0.05) is 30.4 Å². The number of ether oxygens (including phenoxy) is 1. The SMILES string of the molecule is CC(C)(C)OC(=O)NC(Cc1cccs1)C(=O)NC1CCN(c2ccc(F)cc2C#N)C1. The molecule has 1 fully saturated rings. The Morgan fingerprint density at radius 2 is 2.16 bits per heavy atom. The molecule has 9 heteroatoms. The second-order valence-corrected chi connectivity index (χ2v) is 9.73. The maximum atomic E-state index is 13.5. The van der Waals surface area contributed by atoms with Crippen molar-refractivity contribution in [3.63, 3.8) is 0 Å². The van der Waals surface area contributed by atoms with Crippen LogP contribution in [0.25, 0.3) is 0 Å². The Bertz CT molecular complexity index is 998. The first-order valence-corrected chi connectivity index (χ1v) is 11.3. The summed E-state index contributed by atoms with van der Waals surface area (Å²) < 4.78 is 18.8. The molecule has 1 aliphatic heterocycles. The highest BCUT2D eigenvalue weighted by molar-refractivity contribution is 7.09. The highest BCUT2D eigenvalue weighted by Gasteiger charge is 2.30. The number of carbonyl (C=O) groups excluding carboxylic acids is 2. The Morgan fingerprint density at radius 3 is 2.81 bits per heavy atom. The first-order valence-electron chi connectivity index (χ1n) is 10.4. The van der Waals surface area contributed by atoms with E-state index in [1.807, 2.05) is 28.5 Å². The third-order valence-corrected chi connectivity index (χ3v) is 5.85. The molecule has 3 rings (SSSR count). The predicted octanol–water partition coefficient (Wildman–Crippen LogP) is 3.59. The zero-order valence-corrected chi connectivity index (χ0v) is 19.2. The van der Waals surface area contributed by atoms with Gasteiger partial charge in [0.2, 0.25) is 5.91 Å². The van der Waals surface area contributed by atoms with E-state index in [-0.39, 0.29) is 17.5 Å². The molecule has 1 aliphatic rings. The summed E-state index contributed by atoms with van der Waals surface area (Å²) in [5, 5.41) is 16.9. The van der Waals surface area contributed by atoms with Gasteiger partial charge in [-0.1, -0.05) is 6.07 Å². The zero-order valence-electron chi connectivity index (χ0n) is 18.4. The minimum atomic E-state index is -0.780. The van der Waals surface area contributed by atoms with E-state index < -0.39 is 23.6 Å². The van der Waals surface area contributed by atoms with Crippen molar-refractivity contribution in [1.82, 2.24) is 10.6 Å². The Hall–Kier alpha value is -3.12. The number of hydrogen-bond acceptors (Lipinski definition) is 6. The molecule has 7 nitrogen and oxygen atoms in total. The van der Waals surface area contributed by atoms with Crippen molar-refractivity contribution in [3.05, 3.63) is 52.0 Å². The second-order valence-electron chi connectivity index (χ2n) is 8.70. The third kappa shape index (κ3) is 6.44. The van der Waals surface area contributed by atoms with Gasteiger partial charge < -0.3 is 20.3 Å². The van der Waals surface area contributed by atoms with Crippen LogP contribution in [0, 0.1) is 17.1 Å². The van der Waals surface area contributed by atoms with Crippen molar-refractivity contribution >= 4 is 29.0 Å². The normalized spacial score (nSPS) is 16.8. The minimum absolute atomic E-state index is 0.162. The summed E-state index contributed by atoms with van der Waals surface area (Å²) in [5.41, 5.74) is 0.236. The van der Waals surface area contributed by atoms with Gasteiger partial charge >= 0.3 is 6.09 Å². The van der Waals surface area contributed by atoms with Crippen molar-refractivity contribution in [3.8, 4) is 6.07 Å². The van der Waals surface area contributed by atoms with Gasteiger partial charge in [0.1, 0.15) is 23.5 Å². The van der Waals surface area contributed by atoms with Crippen molar-refractivity contribution in [2.45, 2.75) is 51.3 Å². The monoisotopic (exact) mass is 458 g/mol. The average molecular weight is 459 g/mol. The summed E-state index contributed by atoms with van der Waals surface area (Å²) >= 11 is 1.51. The number of rotatable bonds is 6. The number of hydrogen-bond donors (Lipinski definition) is 2. The maximum absolute atomic E-state index is 13.5. The van der Waals surface area contributed by atoms with Gasteiger partial charge in [-0.05, 0) is 56.8 Å².